The van der Waals surface area contributed by atoms with E-state index in [1.165, 1.54) is 39.2 Å². The molecule has 212 valence electrons. The number of carbonyl (C=O) groups excluding carboxylic acids is 1. The number of rotatable bonds is 7. The van der Waals surface area contributed by atoms with Crippen molar-refractivity contribution in [2.75, 3.05) is 25.1 Å². The monoisotopic (exact) mass is 560 g/mol. The summed E-state index contributed by atoms with van der Waals surface area (Å²) in [6.45, 7) is 2.02. The largest absolute Gasteiger partial charge is 0.469 e. The van der Waals surface area contributed by atoms with Crippen molar-refractivity contribution in [2.45, 2.75) is 88.8 Å². The molecule has 0 amide bonds. The lowest BCUT2D eigenvalue weighted by Crippen LogP contribution is -2.39. The molecular formula is C32H40N4O3S. The quantitative estimate of drug-likeness (QED) is 0.287. The molecule has 6 rings (SSSR count). The SMILES string of the molecule is COC(=O)[C@H]1CC[C@H](c2nnc(-c3ccc(-c4ccc(N5CCC(OC6CCCCC6)CC5)nc4)cc3)s2)CC1. The van der Waals surface area contributed by atoms with Crippen molar-refractivity contribution < 1.29 is 14.3 Å². The number of pyridine rings is 1. The van der Waals surface area contributed by atoms with Crippen LogP contribution in [0.15, 0.2) is 42.6 Å². The molecule has 0 unspecified atom stereocenters. The molecular weight excluding hydrogens is 520 g/mol. The summed E-state index contributed by atoms with van der Waals surface area (Å²) >= 11 is 1.67. The Bertz CT molecular complexity index is 1240. The van der Waals surface area contributed by atoms with Gasteiger partial charge in [0.15, 0.2) is 0 Å². The molecule has 8 heteroatoms. The summed E-state index contributed by atoms with van der Waals surface area (Å²) in [4.78, 5) is 19.0. The minimum Gasteiger partial charge on any atom is -0.469 e. The molecule has 2 aliphatic carbocycles. The van der Waals surface area contributed by atoms with Crippen LogP contribution in [-0.4, -0.2) is 53.6 Å². The predicted octanol–water partition coefficient (Wildman–Crippen LogP) is 7.03. The first-order valence-electron chi connectivity index (χ1n) is 15.0. The summed E-state index contributed by atoms with van der Waals surface area (Å²) in [5.74, 6) is 1.38. The minimum absolute atomic E-state index is 0.0301. The second kappa shape index (κ2) is 12.8. The molecule has 3 aromatic rings. The van der Waals surface area contributed by atoms with Gasteiger partial charge < -0.3 is 14.4 Å². The maximum absolute atomic E-state index is 11.8. The Hall–Kier alpha value is -2.84. The molecule has 2 aromatic heterocycles. The molecule has 3 heterocycles. The van der Waals surface area contributed by atoms with Crippen LogP contribution in [0.25, 0.3) is 21.7 Å². The number of aromatic nitrogens is 3. The average molecular weight is 561 g/mol. The van der Waals surface area contributed by atoms with Crippen LogP contribution in [0, 0.1) is 5.92 Å². The van der Waals surface area contributed by atoms with Crippen molar-refractivity contribution in [3.63, 3.8) is 0 Å². The van der Waals surface area contributed by atoms with Gasteiger partial charge in [-0.3, -0.25) is 4.79 Å². The van der Waals surface area contributed by atoms with E-state index in [4.69, 9.17) is 14.5 Å². The van der Waals surface area contributed by atoms with Crippen molar-refractivity contribution in [1.29, 1.82) is 0 Å². The lowest BCUT2D eigenvalue weighted by atomic mass is 9.82. The second-order valence-corrected chi connectivity index (χ2v) is 12.6. The number of piperidine rings is 1. The Morgan fingerprint density at radius 1 is 0.800 bits per heavy atom. The van der Waals surface area contributed by atoms with Crippen LogP contribution in [0.5, 0.6) is 0 Å². The van der Waals surface area contributed by atoms with Crippen molar-refractivity contribution in [3.8, 4) is 21.7 Å². The van der Waals surface area contributed by atoms with Crippen molar-refractivity contribution in [2.24, 2.45) is 5.92 Å². The van der Waals surface area contributed by atoms with Gasteiger partial charge in [-0.05, 0) is 69.1 Å². The molecule has 1 saturated heterocycles. The fraction of sp³-hybridized carbons (Fsp3) is 0.562. The van der Waals surface area contributed by atoms with E-state index < -0.39 is 0 Å². The van der Waals surface area contributed by atoms with Crippen molar-refractivity contribution in [1.82, 2.24) is 15.2 Å². The Balaban J connectivity index is 1.02. The van der Waals surface area contributed by atoms with Gasteiger partial charge in [0.05, 0.1) is 25.2 Å². The number of methoxy groups -OCH3 is 1. The summed E-state index contributed by atoms with van der Waals surface area (Å²) in [6, 6.07) is 12.9. The van der Waals surface area contributed by atoms with Crippen molar-refractivity contribution in [3.05, 3.63) is 47.6 Å². The molecule has 1 aliphatic heterocycles. The van der Waals surface area contributed by atoms with Gasteiger partial charge in [-0.25, -0.2) is 4.98 Å². The van der Waals surface area contributed by atoms with E-state index in [9.17, 15) is 4.79 Å². The lowest BCUT2D eigenvalue weighted by Gasteiger charge is -2.35. The predicted molar refractivity (Wildman–Crippen MR) is 158 cm³/mol. The number of hydrogen-bond acceptors (Lipinski definition) is 8. The van der Waals surface area contributed by atoms with Crippen LogP contribution >= 0.6 is 11.3 Å². The van der Waals surface area contributed by atoms with Gasteiger partial charge >= 0.3 is 5.97 Å². The highest BCUT2D eigenvalue weighted by atomic mass is 32.1. The molecule has 2 saturated carbocycles. The molecule has 3 fully saturated rings. The summed E-state index contributed by atoms with van der Waals surface area (Å²) < 4.78 is 11.3. The first kappa shape index (κ1) is 27.3. The summed E-state index contributed by atoms with van der Waals surface area (Å²) in [6.07, 6.45) is 15.2. The second-order valence-electron chi connectivity index (χ2n) is 11.6. The van der Waals surface area contributed by atoms with Crippen LogP contribution in [0.3, 0.4) is 0 Å². The summed E-state index contributed by atoms with van der Waals surface area (Å²) in [5.41, 5.74) is 3.35. The highest BCUT2D eigenvalue weighted by molar-refractivity contribution is 7.14. The Kier molecular flexibility index (Phi) is 8.73. The lowest BCUT2D eigenvalue weighted by molar-refractivity contribution is -0.146. The third kappa shape index (κ3) is 6.39. The summed E-state index contributed by atoms with van der Waals surface area (Å²) in [5, 5.41) is 11.0. The normalized spacial score (nSPS) is 22.8. The van der Waals surface area contributed by atoms with E-state index in [1.54, 1.807) is 11.3 Å². The first-order valence-corrected chi connectivity index (χ1v) is 15.9. The molecule has 0 spiro atoms. The van der Waals surface area contributed by atoms with E-state index >= 15 is 0 Å². The first-order chi connectivity index (χ1) is 19.7. The fourth-order valence-electron chi connectivity index (χ4n) is 6.50. The molecule has 7 nitrogen and oxygen atoms in total. The maximum atomic E-state index is 11.8. The molecule has 0 N–H and O–H groups in total. The van der Waals surface area contributed by atoms with Gasteiger partial charge in [0.2, 0.25) is 0 Å². The Labute approximate surface area is 241 Å². The zero-order valence-corrected chi connectivity index (χ0v) is 24.3. The molecule has 0 bridgehead atoms. The third-order valence-corrected chi connectivity index (χ3v) is 10.1. The van der Waals surface area contributed by atoms with Gasteiger partial charge in [-0.1, -0.05) is 54.9 Å². The molecule has 1 aromatic carbocycles. The van der Waals surface area contributed by atoms with E-state index in [0.717, 1.165) is 84.1 Å². The number of carbonyl (C=O) groups is 1. The third-order valence-electron chi connectivity index (χ3n) is 8.97. The van der Waals surface area contributed by atoms with Gasteiger partial charge in [-0.2, -0.15) is 0 Å². The van der Waals surface area contributed by atoms with Crippen LogP contribution in [-0.2, 0) is 14.3 Å². The zero-order chi connectivity index (χ0) is 27.3. The standard InChI is InChI=1S/C32H40N4O3S/c1-38-32(37)25-13-11-24(12-14-25)31-35-34-30(40-31)23-9-7-22(8-10-23)26-15-16-29(33-21-26)36-19-17-28(18-20-36)39-27-5-3-2-4-6-27/h7-10,15-16,21,24-25,27-28H,2-6,11-14,17-20H2,1H3/t24-,25-. The number of hydrogen-bond donors (Lipinski definition) is 0. The molecule has 3 aliphatic rings. The van der Waals surface area contributed by atoms with E-state index in [-0.39, 0.29) is 11.9 Å². The van der Waals surface area contributed by atoms with Gasteiger partial charge in [0, 0.05) is 36.3 Å². The molecule has 40 heavy (non-hydrogen) atoms. The highest BCUT2D eigenvalue weighted by Crippen LogP contribution is 2.39. The van der Waals surface area contributed by atoms with Gasteiger partial charge in [0.25, 0.3) is 0 Å². The van der Waals surface area contributed by atoms with E-state index in [0.29, 0.717) is 18.1 Å². The fourth-order valence-corrected chi connectivity index (χ4v) is 7.52. The van der Waals surface area contributed by atoms with Crippen LogP contribution < -0.4 is 4.90 Å². The number of anilines is 1. The molecule has 0 radical (unpaired) electrons. The topological polar surface area (TPSA) is 77.4 Å². The molecule has 0 atom stereocenters. The number of benzene rings is 1. The summed E-state index contributed by atoms with van der Waals surface area (Å²) in [7, 11) is 1.47. The van der Waals surface area contributed by atoms with E-state index in [2.05, 4.69) is 51.5 Å². The minimum atomic E-state index is -0.0823. The van der Waals surface area contributed by atoms with Crippen LogP contribution in [0.1, 0.15) is 81.6 Å². The zero-order valence-electron chi connectivity index (χ0n) is 23.5. The number of ether oxygens (including phenoxy) is 2. The number of nitrogens with zero attached hydrogens (tertiary/aromatic N) is 4. The maximum Gasteiger partial charge on any atom is 0.308 e. The van der Waals surface area contributed by atoms with Crippen LogP contribution in [0.2, 0.25) is 0 Å². The van der Waals surface area contributed by atoms with Crippen molar-refractivity contribution >= 4 is 23.1 Å². The average Bonchev–Trinajstić information content (AvgIpc) is 3.52. The highest BCUT2D eigenvalue weighted by Gasteiger charge is 2.29. The van der Waals surface area contributed by atoms with Gasteiger partial charge in [-0.15, -0.1) is 10.2 Å². The number of esters is 1. The van der Waals surface area contributed by atoms with Gasteiger partial charge in [0.1, 0.15) is 15.8 Å². The Morgan fingerprint density at radius 2 is 1.48 bits per heavy atom. The van der Waals surface area contributed by atoms with E-state index in [1.807, 2.05) is 6.20 Å². The van der Waals surface area contributed by atoms with Crippen LogP contribution in [0.4, 0.5) is 5.82 Å². The Morgan fingerprint density at radius 3 is 2.15 bits per heavy atom. The smallest absolute Gasteiger partial charge is 0.308 e.